The van der Waals surface area contributed by atoms with Crippen LogP contribution in [0.1, 0.15) is 35.2 Å². The number of ether oxygens (including phenoxy) is 1. The maximum Gasteiger partial charge on any atom is 0.271 e. The third kappa shape index (κ3) is 4.46. The summed E-state index contributed by atoms with van der Waals surface area (Å²) in [5.41, 5.74) is 6.32. The summed E-state index contributed by atoms with van der Waals surface area (Å²) in [5.74, 6) is 0.400. The van der Waals surface area contributed by atoms with E-state index in [9.17, 15) is 9.59 Å². The summed E-state index contributed by atoms with van der Waals surface area (Å²) in [6.45, 7) is 5.80. The largest absolute Gasteiger partial charge is 0.497 e. The number of amides is 1. The van der Waals surface area contributed by atoms with Gasteiger partial charge in [-0.05, 0) is 62.2 Å². The molecule has 0 saturated heterocycles. The van der Waals surface area contributed by atoms with Gasteiger partial charge in [0.2, 0.25) is 0 Å². The summed E-state index contributed by atoms with van der Waals surface area (Å²) in [4.78, 5) is 36.4. The molecule has 2 aromatic heterocycles. The first-order valence-corrected chi connectivity index (χ1v) is 13.8. The van der Waals surface area contributed by atoms with E-state index in [0.717, 1.165) is 38.8 Å². The van der Waals surface area contributed by atoms with Crippen molar-refractivity contribution in [3.8, 4) is 5.75 Å². The van der Waals surface area contributed by atoms with Gasteiger partial charge in [0.1, 0.15) is 5.75 Å². The second-order valence-electron chi connectivity index (χ2n) is 9.92. The number of carbonyl (C=O) groups is 1. The number of rotatable bonds is 5. The van der Waals surface area contributed by atoms with Crippen LogP contribution in [0.5, 0.6) is 5.75 Å². The number of hydrogen-bond donors (Lipinski definition) is 2. The van der Waals surface area contributed by atoms with E-state index in [4.69, 9.17) is 9.73 Å². The summed E-state index contributed by atoms with van der Waals surface area (Å²) in [5, 5.41) is 4.10. The van der Waals surface area contributed by atoms with Crippen LogP contribution in [0.3, 0.4) is 0 Å². The number of aromatic amines is 1. The average Bonchev–Trinajstić information content (AvgIpc) is 3.50. The van der Waals surface area contributed by atoms with Crippen LogP contribution in [0.15, 0.2) is 94.0 Å². The molecule has 7 nitrogen and oxygen atoms in total. The maximum absolute atomic E-state index is 14.0. The van der Waals surface area contributed by atoms with E-state index < -0.39 is 6.04 Å². The monoisotopic (exact) mass is 548 g/mol. The quantitative estimate of drug-likeness (QED) is 0.325. The number of fused-ring (bicyclic) bond motifs is 2. The zero-order valence-corrected chi connectivity index (χ0v) is 23.4. The van der Waals surface area contributed by atoms with E-state index in [1.165, 1.54) is 11.3 Å². The minimum Gasteiger partial charge on any atom is -0.497 e. The Labute approximate surface area is 234 Å². The molecule has 3 heterocycles. The molecule has 1 atom stereocenters. The predicted molar refractivity (Wildman–Crippen MR) is 160 cm³/mol. The van der Waals surface area contributed by atoms with Gasteiger partial charge < -0.3 is 15.0 Å². The number of aromatic nitrogens is 2. The van der Waals surface area contributed by atoms with Crippen molar-refractivity contribution < 1.29 is 9.53 Å². The minimum atomic E-state index is -0.655. The molecule has 1 aliphatic rings. The van der Waals surface area contributed by atoms with E-state index in [2.05, 4.69) is 10.3 Å². The van der Waals surface area contributed by atoms with Crippen LogP contribution < -0.4 is 24.9 Å². The molecule has 3 aromatic carbocycles. The van der Waals surface area contributed by atoms with E-state index >= 15 is 0 Å². The van der Waals surface area contributed by atoms with Crippen molar-refractivity contribution in [2.24, 2.45) is 4.99 Å². The molecule has 8 heteroatoms. The third-order valence-corrected chi connectivity index (χ3v) is 8.22. The maximum atomic E-state index is 14.0. The molecule has 200 valence electrons. The molecule has 0 bridgehead atoms. The second kappa shape index (κ2) is 10.1. The minimum absolute atomic E-state index is 0.195. The Morgan fingerprint density at radius 3 is 2.60 bits per heavy atom. The molecule has 0 aliphatic carbocycles. The molecular formula is C32H28N4O3S. The molecule has 0 unspecified atom stereocenters. The fraction of sp³-hybridized carbons (Fsp3) is 0.156. The Kier molecular flexibility index (Phi) is 6.48. The number of anilines is 1. The molecular weight excluding hydrogens is 520 g/mol. The summed E-state index contributed by atoms with van der Waals surface area (Å²) in [6.07, 6.45) is 3.79. The SMILES string of the molecule is COc1ccc([C@@H]2C(C(=O)Nc3ccc(C)cc3C)=C(C)N=c3s/c(=C/c4c[nH]c5ccccc45)c(=O)n32)cc1. The molecule has 5 aromatic rings. The Morgan fingerprint density at radius 1 is 1.07 bits per heavy atom. The van der Waals surface area contributed by atoms with E-state index in [-0.39, 0.29) is 11.5 Å². The zero-order chi connectivity index (χ0) is 28.0. The second-order valence-corrected chi connectivity index (χ2v) is 10.9. The summed E-state index contributed by atoms with van der Waals surface area (Å²) in [7, 11) is 1.61. The van der Waals surface area contributed by atoms with Crippen molar-refractivity contribution >= 4 is 39.9 Å². The lowest BCUT2D eigenvalue weighted by atomic mass is 9.95. The van der Waals surface area contributed by atoms with Gasteiger partial charge >= 0.3 is 0 Å². The molecule has 1 amide bonds. The van der Waals surface area contributed by atoms with Crippen LogP contribution in [0, 0.1) is 13.8 Å². The molecule has 0 saturated carbocycles. The van der Waals surface area contributed by atoms with Gasteiger partial charge in [-0.1, -0.05) is 59.4 Å². The number of H-pyrrole nitrogens is 1. The van der Waals surface area contributed by atoms with Gasteiger partial charge in [-0.15, -0.1) is 0 Å². The van der Waals surface area contributed by atoms with Gasteiger partial charge in [0.25, 0.3) is 11.5 Å². The van der Waals surface area contributed by atoms with Crippen molar-refractivity contribution in [3.05, 3.63) is 126 Å². The number of aryl methyl sites for hydroxylation is 2. The molecule has 0 spiro atoms. The summed E-state index contributed by atoms with van der Waals surface area (Å²) in [6, 6.07) is 20.7. The molecule has 40 heavy (non-hydrogen) atoms. The van der Waals surface area contributed by atoms with Crippen LogP contribution in [-0.2, 0) is 4.79 Å². The zero-order valence-electron chi connectivity index (χ0n) is 22.6. The molecule has 2 N–H and O–H groups in total. The van der Waals surface area contributed by atoms with Crippen LogP contribution in [0.2, 0.25) is 0 Å². The number of thiazole rings is 1. The Hall–Kier alpha value is -4.69. The molecule has 0 radical (unpaired) electrons. The van der Waals surface area contributed by atoms with Gasteiger partial charge in [-0.25, -0.2) is 4.99 Å². The number of para-hydroxylation sites is 1. The molecule has 6 rings (SSSR count). The number of methoxy groups -OCH3 is 1. The fourth-order valence-electron chi connectivity index (χ4n) is 5.21. The topological polar surface area (TPSA) is 88.5 Å². The number of allylic oxidation sites excluding steroid dienone is 1. The van der Waals surface area contributed by atoms with Crippen LogP contribution in [-0.4, -0.2) is 22.6 Å². The standard InChI is InChI=1S/C32H28N4O3S/c1-18-9-14-25(19(2)15-18)35-30(37)28-20(3)34-32-36(29(28)21-10-12-23(39-4)13-11-21)31(38)27(40-32)16-22-17-33-26-8-6-5-7-24(22)26/h5-17,29,33H,1-4H3,(H,35,37)/b27-16+/t29-/m1/s1. The lowest BCUT2D eigenvalue weighted by Gasteiger charge is -2.25. The fourth-order valence-corrected chi connectivity index (χ4v) is 6.25. The van der Waals surface area contributed by atoms with Gasteiger partial charge in [-0.2, -0.15) is 0 Å². The lowest BCUT2D eigenvalue weighted by Crippen LogP contribution is -2.40. The van der Waals surface area contributed by atoms with Crippen molar-refractivity contribution in [1.82, 2.24) is 9.55 Å². The smallest absolute Gasteiger partial charge is 0.271 e. The number of benzene rings is 3. The number of nitrogens with zero attached hydrogens (tertiary/aromatic N) is 2. The highest BCUT2D eigenvalue weighted by atomic mass is 32.1. The van der Waals surface area contributed by atoms with Crippen molar-refractivity contribution in [3.63, 3.8) is 0 Å². The highest BCUT2D eigenvalue weighted by molar-refractivity contribution is 7.07. The number of carbonyl (C=O) groups excluding carboxylic acids is 1. The third-order valence-electron chi connectivity index (χ3n) is 7.24. The lowest BCUT2D eigenvalue weighted by molar-refractivity contribution is -0.113. The van der Waals surface area contributed by atoms with Gasteiger partial charge in [0, 0.05) is 28.4 Å². The predicted octanol–water partition coefficient (Wildman–Crippen LogP) is 4.98. The number of hydrogen-bond acceptors (Lipinski definition) is 5. The molecule has 0 fully saturated rings. The van der Waals surface area contributed by atoms with Crippen molar-refractivity contribution in [1.29, 1.82) is 0 Å². The normalized spacial score (nSPS) is 15.2. The summed E-state index contributed by atoms with van der Waals surface area (Å²) < 4.78 is 7.54. The first-order valence-electron chi connectivity index (χ1n) is 13.0. The molecule has 1 aliphatic heterocycles. The Bertz CT molecular complexity index is 1990. The first kappa shape index (κ1) is 25.6. The van der Waals surface area contributed by atoms with Crippen LogP contribution in [0.4, 0.5) is 5.69 Å². The van der Waals surface area contributed by atoms with E-state index in [1.807, 2.05) is 99.8 Å². The number of nitrogens with one attached hydrogen (secondary N) is 2. The van der Waals surface area contributed by atoms with Crippen molar-refractivity contribution in [2.75, 3.05) is 12.4 Å². The van der Waals surface area contributed by atoms with Gasteiger partial charge in [0.15, 0.2) is 4.80 Å². The van der Waals surface area contributed by atoms with E-state index in [0.29, 0.717) is 26.4 Å². The highest BCUT2D eigenvalue weighted by Crippen LogP contribution is 2.32. The van der Waals surface area contributed by atoms with Gasteiger partial charge in [-0.3, -0.25) is 14.2 Å². The van der Waals surface area contributed by atoms with Crippen LogP contribution >= 0.6 is 11.3 Å². The van der Waals surface area contributed by atoms with Gasteiger partial charge in [0.05, 0.1) is 29.0 Å². The van der Waals surface area contributed by atoms with Crippen LogP contribution in [0.25, 0.3) is 17.0 Å². The first-order chi connectivity index (χ1) is 19.3. The van der Waals surface area contributed by atoms with Crippen molar-refractivity contribution in [2.45, 2.75) is 26.8 Å². The Morgan fingerprint density at radius 2 is 1.85 bits per heavy atom. The highest BCUT2D eigenvalue weighted by Gasteiger charge is 2.32. The average molecular weight is 549 g/mol. The van der Waals surface area contributed by atoms with E-state index in [1.54, 1.807) is 11.7 Å². The Balaban J connectivity index is 1.51. The summed E-state index contributed by atoms with van der Waals surface area (Å²) >= 11 is 1.32.